The molecule has 6 rings (SSSR count). The standard InChI is InChI=1S/C36H31N7O17S2/c1-15(44)59-23-8-20-22(9-24(23)60-16(2)45)58-11-21(29(20)50)30(51)37-27(17-4-6-19(7-5-17)57-12-26(48)49)31(52)38-36(56-3)33(55)43-28(32(53)54)18(13-61-34(36)43)14-62-35-39-40-41-42(35)10-25(46)47/h4-9,11,27,34H,10,12-14H2,1-3H3,(H,37,51)(H,38,52)(H,46,47)(H,48,49)(H,53,54)/t27?,34-,36+/m1/s1. The molecule has 1 saturated heterocycles. The maximum Gasteiger partial charge on any atom is 0.352 e. The van der Waals surface area contributed by atoms with E-state index in [1.807, 2.05) is 0 Å². The summed E-state index contributed by atoms with van der Waals surface area (Å²) >= 11 is 1.96. The van der Waals surface area contributed by atoms with E-state index in [1.54, 1.807) is 0 Å². The number of carboxylic acid groups (broad SMARTS) is 3. The Hall–Kier alpha value is -7.32. The van der Waals surface area contributed by atoms with Gasteiger partial charge in [-0.25, -0.2) is 14.3 Å². The number of hydrogen-bond donors (Lipinski definition) is 5. The molecule has 0 spiro atoms. The number of tetrazole rings is 1. The lowest BCUT2D eigenvalue weighted by atomic mass is 9.96. The first kappa shape index (κ1) is 44.2. The largest absolute Gasteiger partial charge is 0.482 e. The first-order valence-electron chi connectivity index (χ1n) is 17.5. The minimum Gasteiger partial charge on any atom is -0.482 e. The number of methoxy groups -OCH3 is 1. The van der Waals surface area contributed by atoms with Crippen LogP contribution in [0.15, 0.2) is 68.3 Å². The highest BCUT2D eigenvalue weighted by atomic mass is 32.2. The van der Waals surface area contributed by atoms with Gasteiger partial charge in [-0.2, -0.15) is 0 Å². The molecular formula is C36H31N7O17S2. The van der Waals surface area contributed by atoms with Crippen molar-refractivity contribution < 1.29 is 77.0 Å². The summed E-state index contributed by atoms with van der Waals surface area (Å²) in [5.41, 5.74) is -4.17. The second-order valence-electron chi connectivity index (χ2n) is 12.9. The smallest absolute Gasteiger partial charge is 0.352 e. The van der Waals surface area contributed by atoms with Crippen molar-refractivity contribution in [3.8, 4) is 17.2 Å². The Kier molecular flexibility index (Phi) is 12.9. The van der Waals surface area contributed by atoms with Crippen molar-refractivity contribution >= 4 is 82.1 Å². The van der Waals surface area contributed by atoms with Crippen molar-refractivity contribution in [2.45, 2.75) is 42.7 Å². The third-order valence-corrected chi connectivity index (χ3v) is 11.2. The van der Waals surface area contributed by atoms with E-state index < -0.39 is 94.5 Å². The number of carboxylic acids is 3. The number of aromatic nitrogens is 4. The molecule has 1 fully saturated rings. The SMILES string of the molecule is CO[C@@]1(NC(=O)C(NC(=O)c2coc3cc(OC(C)=O)c(OC(C)=O)cc3c2=O)c2ccc(OCC(=O)O)cc2)C(=O)N2C(C(=O)O)=C(CSc3nnnn3CC(=O)O)CS[C@@H]21. The van der Waals surface area contributed by atoms with E-state index in [9.17, 15) is 48.3 Å². The molecule has 324 valence electrons. The topological polar surface area (TPSA) is 335 Å². The molecule has 2 aromatic carbocycles. The van der Waals surface area contributed by atoms with Gasteiger partial charge in [-0.05, 0) is 39.8 Å². The minimum absolute atomic E-state index is 0.0121. The predicted octanol–water partition coefficient (Wildman–Crippen LogP) is 0.154. The fourth-order valence-electron chi connectivity index (χ4n) is 6.16. The van der Waals surface area contributed by atoms with Crippen molar-refractivity contribution in [1.82, 2.24) is 35.7 Å². The number of aliphatic carboxylic acids is 3. The summed E-state index contributed by atoms with van der Waals surface area (Å²) in [5.74, 6) is -9.52. The van der Waals surface area contributed by atoms with Crippen molar-refractivity contribution in [1.29, 1.82) is 0 Å². The van der Waals surface area contributed by atoms with Gasteiger partial charge in [0.1, 0.15) is 46.8 Å². The second-order valence-corrected chi connectivity index (χ2v) is 15.0. The average Bonchev–Trinajstić information content (AvgIpc) is 3.65. The van der Waals surface area contributed by atoms with Gasteiger partial charge < -0.3 is 49.3 Å². The number of thioether (sulfide) groups is 2. The molecule has 3 amide bonds. The molecule has 3 atom stereocenters. The van der Waals surface area contributed by atoms with Gasteiger partial charge in [0, 0.05) is 38.5 Å². The summed E-state index contributed by atoms with van der Waals surface area (Å²) in [6, 6.07) is 5.52. The van der Waals surface area contributed by atoms with Gasteiger partial charge in [-0.15, -0.1) is 16.9 Å². The summed E-state index contributed by atoms with van der Waals surface area (Å²) in [4.78, 5) is 115. The zero-order chi connectivity index (χ0) is 45.0. The number of β-lactam (4-membered cyclic amide) rings is 1. The number of fused-ring (bicyclic) bond motifs is 2. The minimum atomic E-state index is -2.20. The number of amides is 3. The summed E-state index contributed by atoms with van der Waals surface area (Å²) in [7, 11) is 1.09. The highest BCUT2D eigenvalue weighted by Crippen LogP contribution is 2.47. The van der Waals surface area contributed by atoms with Gasteiger partial charge in [-0.1, -0.05) is 23.9 Å². The van der Waals surface area contributed by atoms with E-state index in [2.05, 4.69) is 26.2 Å². The predicted molar refractivity (Wildman–Crippen MR) is 207 cm³/mol. The number of carbonyl (C=O) groups excluding carboxylic acids is 5. The average molecular weight is 898 g/mol. The second kappa shape index (κ2) is 18.1. The van der Waals surface area contributed by atoms with Crippen LogP contribution in [0.4, 0.5) is 0 Å². The van der Waals surface area contributed by atoms with Crippen LogP contribution in [0.2, 0.25) is 0 Å². The van der Waals surface area contributed by atoms with E-state index in [4.69, 9.17) is 33.6 Å². The van der Waals surface area contributed by atoms with Crippen molar-refractivity contribution in [3.05, 3.63) is 75.3 Å². The summed E-state index contributed by atoms with van der Waals surface area (Å²) in [6.07, 6.45) is 0.770. The number of nitrogens with zero attached hydrogens (tertiary/aromatic N) is 5. The number of esters is 2. The van der Waals surface area contributed by atoms with Crippen molar-refractivity contribution in [2.75, 3.05) is 25.2 Å². The van der Waals surface area contributed by atoms with Crippen LogP contribution in [-0.4, -0.2) is 124 Å². The molecule has 0 bridgehead atoms. The Morgan fingerprint density at radius 2 is 1.68 bits per heavy atom. The molecule has 0 aliphatic carbocycles. The number of benzene rings is 2. The fourth-order valence-corrected chi connectivity index (χ4v) is 8.62. The number of nitrogens with one attached hydrogen (secondary N) is 2. The molecule has 62 heavy (non-hydrogen) atoms. The summed E-state index contributed by atoms with van der Waals surface area (Å²) < 4.78 is 27.4. The van der Waals surface area contributed by atoms with Crippen LogP contribution < -0.4 is 30.3 Å². The zero-order valence-corrected chi connectivity index (χ0v) is 33.8. The van der Waals surface area contributed by atoms with Crippen LogP contribution >= 0.6 is 23.5 Å². The van der Waals surface area contributed by atoms with Gasteiger partial charge >= 0.3 is 29.8 Å². The molecule has 1 unspecified atom stereocenters. The lowest BCUT2D eigenvalue weighted by molar-refractivity contribution is -0.192. The maximum absolute atomic E-state index is 14.3. The Labute approximate surface area is 354 Å². The number of carbonyl (C=O) groups is 8. The van der Waals surface area contributed by atoms with Crippen LogP contribution in [0, 0.1) is 0 Å². The number of ether oxygens (including phenoxy) is 4. The highest BCUT2D eigenvalue weighted by Gasteiger charge is 2.67. The van der Waals surface area contributed by atoms with Crippen LogP contribution in [0.5, 0.6) is 17.2 Å². The Morgan fingerprint density at radius 1 is 1.00 bits per heavy atom. The van der Waals surface area contributed by atoms with Crippen LogP contribution in [0.1, 0.15) is 35.8 Å². The van der Waals surface area contributed by atoms with Crippen molar-refractivity contribution in [3.63, 3.8) is 0 Å². The zero-order valence-electron chi connectivity index (χ0n) is 32.1. The summed E-state index contributed by atoms with van der Waals surface area (Å²) in [6.45, 7) is 0.873. The first-order valence-corrected chi connectivity index (χ1v) is 19.6. The molecule has 4 aromatic rings. The normalized spacial score (nSPS) is 17.3. The van der Waals surface area contributed by atoms with Gasteiger partial charge in [-0.3, -0.25) is 38.5 Å². The Morgan fingerprint density at radius 3 is 2.29 bits per heavy atom. The molecule has 26 heteroatoms. The molecule has 24 nitrogen and oxygen atoms in total. The maximum atomic E-state index is 14.3. The molecule has 0 saturated carbocycles. The van der Waals surface area contributed by atoms with Gasteiger partial charge in [0.05, 0.1) is 5.39 Å². The van der Waals surface area contributed by atoms with E-state index in [1.165, 1.54) is 24.3 Å². The molecule has 2 aliphatic rings. The third-order valence-electron chi connectivity index (χ3n) is 8.81. The Balaban J connectivity index is 1.30. The monoisotopic (exact) mass is 897 g/mol. The highest BCUT2D eigenvalue weighted by molar-refractivity contribution is 8.01. The Bertz CT molecular complexity index is 2630. The quantitative estimate of drug-likeness (QED) is 0.0310. The van der Waals surface area contributed by atoms with Crippen LogP contribution in [-0.2, 0) is 44.8 Å². The van der Waals surface area contributed by atoms with E-state index in [0.29, 0.717) is 0 Å². The fraction of sp³-hybridized carbons (Fsp3) is 0.278. The van der Waals surface area contributed by atoms with Gasteiger partial charge in [0.2, 0.25) is 16.5 Å². The van der Waals surface area contributed by atoms with Gasteiger partial charge in [0.25, 0.3) is 17.5 Å². The number of rotatable bonds is 17. The molecule has 0 radical (unpaired) electrons. The van der Waals surface area contributed by atoms with E-state index in [0.717, 1.165) is 72.5 Å². The van der Waals surface area contributed by atoms with Crippen molar-refractivity contribution in [2.24, 2.45) is 0 Å². The molecule has 2 aromatic heterocycles. The third kappa shape index (κ3) is 9.05. The lowest BCUT2D eigenvalue weighted by Gasteiger charge is -2.56. The van der Waals surface area contributed by atoms with E-state index in [-0.39, 0.29) is 56.0 Å². The number of hydrogen-bond acceptors (Lipinski definition) is 19. The molecular weight excluding hydrogens is 867 g/mol. The molecule has 4 heterocycles. The summed E-state index contributed by atoms with van der Waals surface area (Å²) in [5, 5.41) is 42.7. The first-order chi connectivity index (χ1) is 29.4. The van der Waals surface area contributed by atoms with Crippen LogP contribution in [0.3, 0.4) is 0 Å². The lowest BCUT2D eigenvalue weighted by Crippen LogP contribution is -2.81. The van der Waals surface area contributed by atoms with E-state index >= 15 is 0 Å². The molecule has 5 N–H and O–H groups in total. The van der Waals surface area contributed by atoms with Gasteiger partial charge in [0.15, 0.2) is 18.1 Å². The molecule has 2 aliphatic heterocycles. The van der Waals surface area contributed by atoms with Crippen LogP contribution in [0.25, 0.3) is 11.0 Å².